The van der Waals surface area contributed by atoms with Gasteiger partial charge in [0.1, 0.15) is 23.1 Å². The summed E-state index contributed by atoms with van der Waals surface area (Å²) in [4.78, 5) is 24.1. The number of likely N-dealkylation sites (N-methyl/N-ethyl adjacent to an activating group) is 1. The fraction of sp³-hybridized carbons (Fsp3) is 0.410. The quantitative estimate of drug-likeness (QED) is 0.105. The average Bonchev–Trinajstić information content (AvgIpc) is 3.29. The van der Waals surface area contributed by atoms with Gasteiger partial charge in [0.25, 0.3) is 0 Å². The second kappa shape index (κ2) is 19.1. The zero-order valence-corrected chi connectivity index (χ0v) is 31.5. The van der Waals surface area contributed by atoms with E-state index in [-0.39, 0.29) is 11.2 Å². The number of nitrogens with one attached hydrogen (secondary N) is 1. The van der Waals surface area contributed by atoms with Crippen LogP contribution >= 0.6 is 12.6 Å². The third-order valence-corrected chi connectivity index (χ3v) is 8.58. The Balaban J connectivity index is 1.60. The van der Waals surface area contributed by atoms with E-state index >= 15 is 0 Å². The molecule has 0 aliphatic carbocycles. The van der Waals surface area contributed by atoms with E-state index in [1.54, 1.807) is 19.4 Å². The minimum Gasteiger partial charge on any atom is -0.495 e. The summed E-state index contributed by atoms with van der Waals surface area (Å²) in [6.07, 6.45) is 17.1. The first-order chi connectivity index (χ1) is 24.1. The Morgan fingerprint density at radius 3 is 2.60 bits per heavy atom. The molecule has 2 aliphatic rings. The van der Waals surface area contributed by atoms with E-state index in [1.807, 2.05) is 85.5 Å². The number of aryl methyl sites for hydroxylation is 2. The Morgan fingerprint density at radius 1 is 1.10 bits per heavy atom. The molecule has 2 heterocycles. The summed E-state index contributed by atoms with van der Waals surface area (Å²) in [5.41, 5.74) is 4.80. The molecule has 2 aliphatic heterocycles. The smallest absolute Gasteiger partial charge is 0.246 e. The van der Waals surface area contributed by atoms with Gasteiger partial charge in [0, 0.05) is 73.9 Å². The van der Waals surface area contributed by atoms with Crippen molar-refractivity contribution in [2.24, 2.45) is 10.1 Å². The molecule has 0 spiro atoms. The van der Waals surface area contributed by atoms with Gasteiger partial charge in [0.05, 0.1) is 19.3 Å². The van der Waals surface area contributed by atoms with Gasteiger partial charge in [0.2, 0.25) is 5.91 Å². The van der Waals surface area contributed by atoms with Crippen LogP contribution in [0.5, 0.6) is 11.5 Å². The third kappa shape index (κ3) is 11.0. The number of ether oxygens (including phenoxy) is 2. The maximum absolute atomic E-state index is 13.0. The number of hydrazone groups is 1. The van der Waals surface area contributed by atoms with Gasteiger partial charge in [-0.25, -0.2) is 4.99 Å². The molecule has 0 saturated carbocycles. The van der Waals surface area contributed by atoms with Crippen LogP contribution in [0.25, 0.3) is 0 Å². The van der Waals surface area contributed by atoms with Gasteiger partial charge in [-0.15, -0.1) is 0 Å². The van der Waals surface area contributed by atoms with E-state index in [4.69, 9.17) is 27.1 Å². The maximum atomic E-state index is 13.0. The molecule has 268 valence electrons. The summed E-state index contributed by atoms with van der Waals surface area (Å²) in [5, 5.41) is 9.69. The first kappa shape index (κ1) is 38.3. The summed E-state index contributed by atoms with van der Waals surface area (Å²) in [6, 6.07) is 10.3. The summed E-state index contributed by atoms with van der Waals surface area (Å²) in [5.74, 6) is 3.07. The van der Waals surface area contributed by atoms with Crippen molar-refractivity contribution in [3.05, 3.63) is 95.6 Å². The van der Waals surface area contributed by atoms with Crippen molar-refractivity contribution in [2.75, 3.05) is 70.7 Å². The lowest BCUT2D eigenvalue weighted by Crippen LogP contribution is -2.35. The number of rotatable bonds is 13. The third-order valence-electron chi connectivity index (χ3n) is 8.25. The first-order valence-corrected chi connectivity index (χ1v) is 17.8. The fourth-order valence-corrected chi connectivity index (χ4v) is 6.03. The number of methoxy groups -OCH3 is 1. The van der Waals surface area contributed by atoms with E-state index in [1.165, 1.54) is 0 Å². The number of benzene rings is 2. The number of thiol groups is 1. The highest BCUT2D eigenvalue weighted by atomic mass is 32.1. The Kier molecular flexibility index (Phi) is 14.6. The average molecular weight is 700 g/mol. The van der Waals surface area contributed by atoms with Crippen LogP contribution in [0.3, 0.4) is 0 Å². The largest absolute Gasteiger partial charge is 0.495 e. The molecule has 4 rings (SSSR count). The molecular weight excluding hydrogens is 647 g/mol. The Morgan fingerprint density at radius 2 is 1.92 bits per heavy atom. The predicted molar refractivity (Wildman–Crippen MR) is 211 cm³/mol. The predicted octanol–water partition coefficient (Wildman–Crippen LogP) is 6.65. The number of hydrogen-bond acceptors (Lipinski definition) is 9. The summed E-state index contributed by atoms with van der Waals surface area (Å²) in [6.45, 7) is 12.0. The Hall–Kier alpha value is -4.48. The van der Waals surface area contributed by atoms with Crippen LogP contribution in [0, 0.1) is 13.8 Å². The van der Waals surface area contributed by atoms with Gasteiger partial charge in [0.15, 0.2) is 0 Å². The molecule has 2 aromatic rings. The number of carbonyl (C=O) groups excluding carboxylic acids is 1. The van der Waals surface area contributed by atoms with E-state index in [9.17, 15) is 4.79 Å². The summed E-state index contributed by atoms with van der Waals surface area (Å²) in [7, 11) is 5.66. The van der Waals surface area contributed by atoms with E-state index in [2.05, 4.69) is 53.4 Å². The van der Waals surface area contributed by atoms with Gasteiger partial charge in [-0.3, -0.25) is 9.80 Å². The van der Waals surface area contributed by atoms with Crippen molar-refractivity contribution < 1.29 is 14.3 Å². The Labute approximate surface area is 303 Å². The standard InChI is InChI=1S/C39H53N7O3S/c1-8-10-11-18-40-39(42-31-14-15-36(30(4)24-31)49-32-16-20-46(21-17-32)41-9-2)34-26-35(37(48-7)25-29(34)3)44-22-23-45(28-33(50)27-44)38(47)13-12-19-43(5)6/h9,11-18,20,24-26,33,50H,8,10,19,21-23,27-28H2,1-7H3,(H,40,42)/b13-12+,18-11+,41-9-. The molecule has 1 amide bonds. The molecule has 1 unspecified atom stereocenters. The molecule has 0 aromatic heterocycles. The van der Waals surface area contributed by atoms with Crippen molar-refractivity contribution in [3.63, 3.8) is 0 Å². The summed E-state index contributed by atoms with van der Waals surface area (Å²) < 4.78 is 12.1. The number of carbonyl (C=O) groups is 1. The van der Waals surface area contributed by atoms with E-state index in [0.717, 1.165) is 64.0 Å². The van der Waals surface area contributed by atoms with Crippen LogP contribution in [0.2, 0.25) is 0 Å². The van der Waals surface area contributed by atoms with Crippen molar-refractivity contribution >= 4 is 42.0 Å². The number of hydrogen-bond donors (Lipinski definition) is 2. The topological polar surface area (TPSA) is 85.2 Å². The minimum atomic E-state index is -0.0336. The van der Waals surface area contributed by atoms with Crippen LogP contribution < -0.4 is 19.7 Å². The highest BCUT2D eigenvalue weighted by molar-refractivity contribution is 7.81. The van der Waals surface area contributed by atoms with Crippen LogP contribution in [-0.2, 0) is 4.79 Å². The van der Waals surface area contributed by atoms with Gasteiger partial charge in [-0.1, -0.05) is 25.5 Å². The van der Waals surface area contributed by atoms with Crippen LogP contribution in [0.1, 0.15) is 43.4 Å². The van der Waals surface area contributed by atoms with Crippen molar-refractivity contribution in [1.29, 1.82) is 0 Å². The van der Waals surface area contributed by atoms with E-state index < -0.39 is 0 Å². The highest BCUT2D eigenvalue weighted by Crippen LogP contribution is 2.34. The Bertz CT molecular complexity index is 1650. The lowest BCUT2D eigenvalue weighted by atomic mass is 10.0. The lowest BCUT2D eigenvalue weighted by Gasteiger charge is -2.27. The first-order valence-electron chi connectivity index (χ1n) is 17.3. The van der Waals surface area contributed by atoms with Crippen molar-refractivity contribution in [3.8, 4) is 11.5 Å². The summed E-state index contributed by atoms with van der Waals surface area (Å²) >= 11 is 4.89. The second-order valence-corrected chi connectivity index (χ2v) is 13.4. The van der Waals surface area contributed by atoms with Gasteiger partial charge < -0.3 is 29.5 Å². The molecule has 0 bridgehead atoms. The van der Waals surface area contributed by atoms with Gasteiger partial charge in [-0.2, -0.15) is 17.7 Å². The number of nitrogens with zero attached hydrogens (tertiary/aromatic N) is 6. The molecule has 50 heavy (non-hydrogen) atoms. The van der Waals surface area contributed by atoms with Crippen LogP contribution in [0.15, 0.2) is 89.0 Å². The molecule has 1 N–H and O–H groups in total. The molecule has 11 heteroatoms. The molecule has 1 atom stereocenters. The molecule has 10 nitrogen and oxygen atoms in total. The molecule has 0 radical (unpaired) electrons. The van der Waals surface area contributed by atoms with Crippen LogP contribution in [0.4, 0.5) is 11.4 Å². The molecule has 2 aromatic carbocycles. The van der Waals surface area contributed by atoms with Crippen LogP contribution in [-0.4, -0.2) is 98.5 Å². The molecule has 1 saturated heterocycles. The van der Waals surface area contributed by atoms with Gasteiger partial charge >= 0.3 is 0 Å². The van der Waals surface area contributed by atoms with E-state index in [0.29, 0.717) is 39.3 Å². The van der Waals surface area contributed by atoms with Crippen molar-refractivity contribution in [2.45, 2.75) is 45.8 Å². The SMILES string of the molecule is C/C=N\N1C=CC(Oc2ccc(NC(=N/C=C/CCC)c3cc(N4CCN(C(=O)/C=C/CN(C)C)CC(S)C4)c(OC)cc3C)cc2C)=CC1. The van der Waals surface area contributed by atoms with Gasteiger partial charge in [-0.05, 0) is 94.9 Å². The van der Waals surface area contributed by atoms with Crippen molar-refractivity contribution in [1.82, 2.24) is 14.8 Å². The number of anilines is 2. The lowest BCUT2D eigenvalue weighted by molar-refractivity contribution is -0.125. The number of allylic oxidation sites excluding steroid dienone is 2. The number of amidine groups is 1. The molecular formula is C39H53N7O3S. The normalized spacial score (nSPS) is 17.3. The fourth-order valence-electron chi connectivity index (χ4n) is 5.64. The molecule has 1 fully saturated rings. The maximum Gasteiger partial charge on any atom is 0.246 e. The highest BCUT2D eigenvalue weighted by Gasteiger charge is 2.26. The zero-order valence-electron chi connectivity index (χ0n) is 30.6. The monoisotopic (exact) mass is 699 g/mol. The zero-order chi connectivity index (χ0) is 36.0. The number of aliphatic imine (C=N–C) groups is 1. The number of amides is 1. The minimum absolute atomic E-state index is 0.00813. The number of unbranched alkanes of at least 4 members (excludes halogenated alkanes) is 1. The second-order valence-electron chi connectivity index (χ2n) is 12.7.